The predicted octanol–water partition coefficient (Wildman–Crippen LogP) is 3.29. The second-order valence-corrected chi connectivity index (χ2v) is 9.63. The van der Waals surface area contributed by atoms with E-state index in [9.17, 15) is 14.7 Å². The van der Waals surface area contributed by atoms with Crippen molar-refractivity contribution < 1.29 is 14.7 Å². The lowest BCUT2D eigenvalue weighted by atomic mass is 9.98. The molecule has 6 nitrogen and oxygen atoms in total. The predicted molar refractivity (Wildman–Crippen MR) is 135 cm³/mol. The average Bonchev–Trinajstić information content (AvgIpc) is 3.20. The number of thioether (sulfide) groups is 1. The Labute approximate surface area is 199 Å². The third kappa shape index (κ3) is 6.92. The van der Waals surface area contributed by atoms with Gasteiger partial charge in [0.1, 0.15) is 6.04 Å². The van der Waals surface area contributed by atoms with E-state index in [2.05, 4.69) is 28.6 Å². The van der Waals surface area contributed by atoms with Crippen LogP contribution >= 0.6 is 24.4 Å². The number of nitrogens with one attached hydrogen (secondary N) is 3. The summed E-state index contributed by atoms with van der Waals surface area (Å²) in [5.74, 6) is -0.706. The Morgan fingerprint density at radius 1 is 1.25 bits per heavy atom. The molecule has 0 unspecified atom stereocenters. The van der Waals surface area contributed by atoms with Crippen molar-refractivity contribution in [1.82, 2.24) is 10.6 Å². The van der Waals surface area contributed by atoms with Crippen LogP contribution in [0.25, 0.3) is 0 Å². The molecule has 3 rings (SSSR count). The maximum atomic E-state index is 13.0. The van der Waals surface area contributed by atoms with E-state index in [4.69, 9.17) is 0 Å². The summed E-state index contributed by atoms with van der Waals surface area (Å²) in [4.78, 5) is 24.6. The minimum Gasteiger partial charge on any atom is -0.480 e. The molecule has 0 bridgehead atoms. The number of rotatable bonds is 11. The highest BCUT2D eigenvalue weighted by atomic mass is 32.2. The van der Waals surface area contributed by atoms with E-state index in [1.807, 2.05) is 48.7 Å². The van der Waals surface area contributed by atoms with Crippen LogP contribution in [0.15, 0.2) is 48.5 Å². The molecule has 0 aliphatic carbocycles. The number of hydrogen-bond acceptors (Lipinski definition) is 6. The van der Waals surface area contributed by atoms with Gasteiger partial charge in [-0.3, -0.25) is 4.79 Å². The molecular weight excluding hydrogens is 442 g/mol. The van der Waals surface area contributed by atoms with E-state index in [-0.39, 0.29) is 5.91 Å². The standard InChI is InChI=1S/C24H31N3O3S2/c1-32-12-10-20(24(29)30)27-23(28)19-8-7-18(26-15-21-22(31)9-11-25-21)14-17(19)13-16-5-3-2-4-6-16/h2-8,14,20-22,25-26,31H,9-13,15H2,1H3,(H,27,28)(H,29,30)/t20-,21+,22+/m0/s1. The first-order chi connectivity index (χ1) is 15.5. The lowest BCUT2D eigenvalue weighted by Crippen LogP contribution is -2.41. The Hall–Kier alpha value is -2.16. The number of aliphatic carboxylic acids is 1. The van der Waals surface area contributed by atoms with E-state index in [1.165, 1.54) is 0 Å². The Balaban J connectivity index is 1.79. The number of carboxylic acids is 1. The first kappa shape index (κ1) is 24.5. The summed E-state index contributed by atoms with van der Waals surface area (Å²) in [7, 11) is 0. The summed E-state index contributed by atoms with van der Waals surface area (Å²) < 4.78 is 0. The fourth-order valence-electron chi connectivity index (χ4n) is 3.81. The molecular formula is C24H31N3O3S2. The minimum absolute atomic E-state index is 0.298. The monoisotopic (exact) mass is 473 g/mol. The molecule has 1 fully saturated rings. The van der Waals surface area contributed by atoms with Crippen molar-refractivity contribution in [2.45, 2.75) is 36.6 Å². The number of hydrogen-bond donors (Lipinski definition) is 5. The maximum Gasteiger partial charge on any atom is 0.326 e. The fraction of sp³-hybridized carbons (Fsp3) is 0.417. The molecule has 1 heterocycles. The van der Waals surface area contributed by atoms with Crippen LogP contribution in [-0.4, -0.2) is 59.4 Å². The molecule has 8 heteroatoms. The molecule has 0 saturated carbocycles. The molecule has 4 N–H and O–H groups in total. The van der Waals surface area contributed by atoms with Gasteiger partial charge < -0.3 is 21.1 Å². The zero-order valence-corrected chi connectivity index (χ0v) is 19.9. The van der Waals surface area contributed by atoms with Gasteiger partial charge in [0, 0.05) is 29.1 Å². The SMILES string of the molecule is CSCC[C@H](NC(=O)c1ccc(NC[C@H]2NCC[C@H]2S)cc1Cc1ccccc1)C(=O)O. The molecule has 1 aliphatic rings. The van der Waals surface area contributed by atoms with Crippen LogP contribution in [0.1, 0.15) is 34.3 Å². The highest BCUT2D eigenvalue weighted by Gasteiger charge is 2.24. The lowest BCUT2D eigenvalue weighted by Gasteiger charge is -2.19. The van der Waals surface area contributed by atoms with Crippen molar-refractivity contribution >= 4 is 42.0 Å². The highest BCUT2D eigenvalue weighted by Crippen LogP contribution is 2.21. The second-order valence-electron chi connectivity index (χ2n) is 7.98. The summed E-state index contributed by atoms with van der Waals surface area (Å²) >= 11 is 6.19. The Morgan fingerprint density at radius 2 is 2.03 bits per heavy atom. The molecule has 3 atom stereocenters. The average molecular weight is 474 g/mol. The largest absolute Gasteiger partial charge is 0.480 e. The molecule has 1 amide bonds. The van der Waals surface area contributed by atoms with E-state index in [0.717, 1.165) is 36.3 Å². The molecule has 32 heavy (non-hydrogen) atoms. The van der Waals surface area contributed by atoms with Gasteiger partial charge >= 0.3 is 5.97 Å². The van der Waals surface area contributed by atoms with Gasteiger partial charge in [0.15, 0.2) is 0 Å². The van der Waals surface area contributed by atoms with Crippen molar-refractivity contribution in [2.24, 2.45) is 0 Å². The van der Waals surface area contributed by atoms with Crippen molar-refractivity contribution in [3.63, 3.8) is 0 Å². The van der Waals surface area contributed by atoms with Crippen LogP contribution in [0.5, 0.6) is 0 Å². The van der Waals surface area contributed by atoms with Gasteiger partial charge in [-0.1, -0.05) is 30.3 Å². The van der Waals surface area contributed by atoms with Gasteiger partial charge in [-0.25, -0.2) is 4.79 Å². The first-order valence-electron chi connectivity index (χ1n) is 10.8. The summed E-state index contributed by atoms with van der Waals surface area (Å²) in [6.45, 7) is 1.72. The topological polar surface area (TPSA) is 90.5 Å². The molecule has 2 aromatic rings. The van der Waals surface area contributed by atoms with Crippen molar-refractivity contribution in [3.05, 3.63) is 65.2 Å². The van der Waals surface area contributed by atoms with Crippen molar-refractivity contribution in [2.75, 3.05) is 30.4 Å². The second kappa shape index (κ2) is 12.2. The Kier molecular flexibility index (Phi) is 9.32. The molecule has 0 spiro atoms. The molecule has 0 radical (unpaired) electrons. The molecule has 2 aromatic carbocycles. The highest BCUT2D eigenvalue weighted by molar-refractivity contribution is 7.98. The Bertz CT molecular complexity index is 911. The maximum absolute atomic E-state index is 13.0. The lowest BCUT2D eigenvalue weighted by molar-refractivity contribution is -0.139. The third-order valence-electron chi connectivity index (χ3n) is 5.64. The van der Waals surface area contributed by atoms with Gasteiger partial charge in [-0.15, -0.1) is 0 Å². The summed E-state index contributed by atoms with van der Waals surface area (Å²) in [6, 6.07) is 15.0. The summed E-state index contributed by atoms with van der Waals surface area (Å²) in [5, 5.41) is 19.4. The molecule has 0 aromatic heterocycles. The number of anilines is 1. The van der Waals surface area contributed by atoms with Gasteiger partial charge in [0.05, 0.1) is 0 Å². The number of amides is 1. The number of benzene rings is 2. The van der Waals surface area contributed by atoms with Gasteiger partial charge in [-0.2, -0.15) is 24.4 Å². The number of thiol groups is 1. The fourth-order valence-corrected chi connectivity index (χ4v) is 4.62. The molecule has 172 valence electrons. The molecule has 1 saturated heterocycles. The van der Waals surface area contributed by atoms with Crippen molar-refractivity contribution in [3.8, 4) is 0 Å². The smallest absolute Gasteiger partial charge is 0.326 e. The van der Waals surface area contributed by atoms with Gasteiger partial charge in [0.2, 0.25) is 0 Å². The molecule has 1 aliphatic heterocycles. The summed E-state index contributed by atoms with van der Waals surface area (Å²) in [6.07, 6.45) is 3.93. The van der Waals surface area contributed by atoms with Gasteiger partial charge in [-0.05, 0) is 67.1 Å². The van der Waals surface area contributed by atoms with E-state index >= 15 is 0 Å². The zero-order chi connectivity index (χ0) is 22.9. The zero-order valence-electron chi connectivity index (χ0n) is 18.2. The number of carbonyl (C=O) groups excluding carboxylic acids is 1. The Morgan fingerprint density at radius 3 is 2.69 bits per heavy atom. The first-order valence-corrected chi connectivity index (χ1v) is 12.7. The third-order valence-corrected chi connectivity index (χ3v) is 6.90. The minimum atomic E-state index is -1.01. The quantitative estimate of drug-likeness (QED) is 0.322. The van der Waals surface area contributed by atoms with Crippen molar-refractivity contribution in [1.29, 1.82) is 0 Å². The van der Waals surface area contributed by atoms with Crippen LogP contribution in [0, 0.1) is 0 Å². The van der Waals surface area contributed by atoms with Crippen LogP contribution in [-0.2, 0) is 11.2 Å². The van der Waals surface area contributed by atoms with Crippen LogP contribution in [0.3, 0.4) is 0 Å². The van der Waals surface area contributed by atoms with E-state index in [1.54, 1.807) is 17.8 Å². The van der Waals surface area contributed by atoms with Crippen LogP contribution < -0.4 is 16.0 Å². The summed E-state index contributed by atoms with van der Waals surface area (Å²) in [5.41, 5.74) is 3.37. The van der Waals surface area contributed by atoms with Crippen LogP contribution in [0.2, 0.25) is 0 Å². The van der Waals surface area contributed by atoms with Crippen LogP contribution in [0.4, 0.5) is 5.69 Å². The van der Waals surface area contributed by atoms with Gasteiger partial charge in [0.25, 0.3) is 5.91 Å². The van der Waals surface area contributed by atoms with E-state index in [0.29, 0.717) is 35.4 Å². The van der Waals surface area contributed by atoms with E-state index < -0.39 is 12.0 Å². The normalized spacial score (nSPS) is 18.8. The number of carbonyl (C=O) groups is 2. The number of carboxylic acid groups (broad SMARTS) is 1.